The van der Waals surface area contributed by atoms with E-state index >= 15 is 0 Å². The molecule has 7 heteroatoms. The predicted molar refractivity (Wildman–Crippen MR) is 100 cm³/mol. The van der Waals surface area contributed by atoms with Crippen LogP contribution < -0.4 is 19.5 Å². The van der Waals surface area contributed by atoms with Crippen LogP contribution in [-0.4, -0.2) is 19.1 Å². The maximum Gasteiger partial charge on any atom is 0.387 e. The number of benzene rings is 3. The highest BCUT2D eigenvalue weighted by molar-refractivity contribution is 5.93. The van der Waals surface area contributed by atoms with Crippen molar-refractivity contribution in [2.75, 3.05) is 11.9 Å². The minimum absolute atomic E-state index is 0.117. The second kappa shape index (κ2) is 9.36. The highest BCUT2D eigenvalue weighted by Crippen LogP contribution is 2.26. The molecule has 3 aromatic carbocycles. The maximum absolute atomic E-state index is 12.4. The first-order valence-corrected chi connectivity index (χ1v) is 8.39. The van der Waals surface area contributed by atoms with E-state index in [0.29, 0.717) is 17.2 Å². The number of ether oxygens (including phenoxy) is 3. The van der Waals surface area contributed by atoms with Crippen LogP contribution in [0.2, 0.25) is 0 Å². The number of para-hydroxylation sites is 3. The quantitative estimate of drug-likeness (QED) is 0.586. The third-order valence-corrected chi connectivity index (χ3v) is 3.55. The number of carbonyl (C=O) groups excluding carboxylic acids is 1. The van der Waals surface area contributed by atoms with E-state index < -0.39 is 12.5 Å². The number of nitrogens with one attached hydrogen (secondary N) is 1. The lowest BCUT2D eigenvalue weighted by Crippen LogP contribution is -2.20. The Balaban J connectivity index is 1.52. The number of carbonyl (C=O) groups is 1. The largest absolute Gasteiger partial charge is 0.484 e. The molecular weight excluding hydrogens is 368 g/mol. The number of amides is 1. The highest BCUT2D eigenvalue weighted by atomic mass is 19.3. The van der Waals surface area contributed by atoms with E-state index in [2.05, 4.69) is 10.1 Å². The molecule has 5 nitrogen and oxygen atoms in total. The summed E-state index contributed by atoms with van der Waals surface area (Å²) in [5.74, 6) is 1.18. The average Bonchev–Trinajstić information content (AvgIpc) is 2.69. The zero-order valence-corrected chi connectivity index (χ0v) is 14.7. The van der Waals surface area contributed by atoms with Crippen LogP contribution in [-0.2, 0) is 4.79 Å². The van der Waals surface area contributed by atoms with Crippen LogP contribution in [0.4, 0.5) is 14.5 Å². The van der Waals surface area contributed by atoms with Gasteiger partial charge in [-0.3, -0.25) is 4.79 Å². The van der Waals surface area contributed by atoms with Crippen LogP contribution in [0.25, 0.3) is 0 Å². The standard InChI is InChI=1S/C21H17F2NO4/c22-21(23)28-19-9-5-4-8-18(19)24-20(25)14-26-15-10-12-17(13-11-15)27-16-6-2-1-3-7-16/h1-13,21H,14H2,(H,24,25). The van der Waals surface area contributed by atoms with Crippen molar-refractivity contribution in [3.8, 4) is 23.0 Å². The second-order valence-electron chi connectivity index (χ2n) is 5.60. The molecule has 0 heterocycles. The summed E-state index contributed by atoms with van der Waals surface area (Å²) in [5.41, 5.74) is 0.142. The van der Waals surface area contributed by atoms with Gasteiger partial charge in [-0.05, 0) is 48.5 Å². The molecule has 0 atom stereocenters. The van der Waals surface area contributed by atoms with Gasteiger partial charge in [0.1, 0.15) is 23.0 Å². The SMILES string of the molecule is O=C(COc1ccc(Oc2ccccc2)cc1)Nc1ccccc1OC(F)F. The molecule has 0 saturated heterocycles. The molecular formula is C21H17F2NO4. The van der Waals surface area contributed by atoms with E-state index in [-0.39, 0.29) is 18.0 Å². The lowest BCUT2D eigenvalue weighted by atomic mass is 10.3. The molecule has 144 valence electrons. The Kier molecular flexibility index (Phi) is 6.41. The fourth-order valence-electron chi connectivity index (χ4n) is 2.33. The molecule has 0 saturated carbocycles. The van der Waals surface area contributed by atoms with Crippen LogP contribution in [0.15, 0.2) is 78.9 Å². The summed E-state index contributed by atoms with van der Waals surface area (Å²) in [6.45, 7) is -3.27. The summed E-state index contributed by atoms with van der Waals surface area (Å²) in [7, 11) is 0. The number of rotatable bonds is 8. The van der Waals surface area contributed by atoms with Gasteiger partial charge in [0.25, 0.3) is 5.91 Å². The molecule has 3 aromatic rings. The predicted octanol–water partition coefficient (Wildman–Crippen LogP) is 5.10. The summed E-state index contributed by atoms with van der Waals surface area (Å²) in [6, 6.07) is 22.0. The maximum atomic E-state index is 12.4. The fraction of sp³-hybridized carbons (Fsp3) is 0.0952. The molecule has 1 amide bonds. The normalized spacial score (nSPS) is 10.4. The Hall–Kier alpha value is -3.61. The Bertz CT molecular complexity index is 902. The van der Waals surface area contributed by atoms with Gasteiger partial charge in [-0.25, -0.2) is 0 Å². The Morgan fingerprint density at radius 1 is 0.821 bits per heavy atom. The van der Waals surface area contributed by atoms with Crippen molar-refractivity contribution in [1.82, 2.24) is 0 Å². The van der Waals surface area contributed by atoms with Gasteiger partial charge in [0.2, 0.25) is 0 Å². The molecule has 1 N–H and O–H groups in total. The first-order valence-electron chi connectivity index (χ1n) is 8.39. The van der Waals surface area contributed by atoms with Gasteiger partial charge in [-0.15, -0.1) is 0 Å². The van der Waals surface area contributed by atoms with Crippen LogP contribution in [0.5, 0.6) is 23.0 Å². The Morgan fingerprint density at radius 2 is 1.43 bits per heavy atom. The van der Waals surface area contributed by atoms with Gasteiger partial charge < -0.3 is 19.5 Å². The first-order chi connectivity index (χ1) is 13.6. The molecule has 0 aliphatic carbocycles. The summed E-state index contributed by atoms with van der Waals surface area (Å²) in [4.78, 5) is 12.0. The van der Waals surface area contributed by atoms with Crippen molar-refractivity contribution in [3.05, 3.63) is 78.9 Å². The lowest BCUT2D eigenvalue weighted by Gasteiger charge is -2.12. The van der Waals surface area contributed by atoms with E-state index in [1.807, 2.05) is 30.3 Å². The van der Waals surface area contributed by atoms with Gasteiger partial charge in [0.15, 0.2) is 6.61 Å². The summed E-state index contributed by atoms with van der Waals surface area (Å²) < 4.78 is 40.3. The van der Waals surface area contributed by atoms with Gasteiger partial charge in [0, 0.05) is 0 Å². The van der Waals surface area contributed by atoms with Crippen molar-refractivity contribution >= 4 is 11.6 Å². The number of halogens is 2. The number of hydrogen-bond donors (Lipinski definition) is 1. The van der Waals surface area contributed by atoms with Crippen LogP contribution >= 0.6 is 0 Å². The monoisotopic (exact) mass is 385 g/mol. The molecule has 0 aromatic heterocycles. The van der Waals surface area contributed by atoms with Crippen LogP contribution in [0, 0.1) is 0 Å². The Morgan fingerprint density at radius 3 is 2.14 bits per heavy atom. The molecule has 0 aliphatic rings. The third-order valence-electron chi connectivity index (χ3n) is 3.55. The molecule has 3 rings (SSSR count). The third kappa shape index (κ3) is 5.70. The molecule has 0 bridgehead atoms. The topological polar surface area (TPSA) is 56.8 Å². The van der Waals surface area contributed by atoms with E-state index in [0.717, 1.165) is 0 Å². The smallest absolute Gasteiger partial charge is 0.387 e. The van der Waals surface area contributed by atoms with E-state index in [9.17, 15) is 13.6 Å². The van der Waals surface area contributed by atoms with Crippen molar-refractivity contribution in [2.24, 2.45) is 0 Å². The number of alkyl halides is 2. The molecule has 0 aliphatic heterocycles. The van der Waals surface area contributed by atoms with Gasteiger partial charge in [0.05, 0.1) is 5.69 Å². The molecule has 0 fully saturated rings. The van der Waals surface area contributed by atoms with Crippen molar-refractivity contribution in [1.29, 1.82) is 0 Å². The van der Waals surface area contributed by atoms with E-state index in [1.54, 1.807) is 30.3 Å². The highest BCUT2D eigenvalue weighted by Gasteiger charge is 2.12. The van der Waals surface area contributed by atoms with Crippen LogP contribution in [0.1, 0.15) is 0 Å². The molecule has 0 spiro atoms. The molecule has 0 unspecified atom stereocenters. The van der Waals surface area contributed by atoms with Crippen molar-refractivity contribution < 1.29 is 27.8 Å². The number of anilines is 1. The van der Waals surface area contributed by atoms with Crippen LogP contribution in [0.3, 0.4) is 0 Å². The van der Waals surface area contributed by atoms with E-state index in [4.69, 9.17) is 9.47 Å². The molecule has 28 heavy (non-hydrogen) atoms. The second-order valence-corrected chi connectivity index (χ2v) is 5.60. The minimum atomic E-state index is -2.98. The summed E-state index contributed by atoms with van der Waals surface area (Å²) >= 11 is 0. The van der Waals surface area contributed by atoms with E-state index in [1.165, 1.54) is 18.2 Å². The first kappa shape index (κ1) is 19.2. The van der Waals surface area contributed by atoms with Crippen molar-refractivity contribution in [2.45, 2.75) is 6.61 Å². The summed E-state index contributed by atoms with van der Waals surface area (Å²) in [6.07, 6.45) is 0. The Labute approximate surface area is 160 Å². The minimum Gasteiger partial charge on any atom is -0.484 e. The number of hydrogen-bond acceptors (Lipinski definition) is 4. The average molecular weight is 385 g/mol. The summed E-state index contributed by atoms with van der Waals surface area (Å²) in [5, 5.41) is 2.48. The zero-order chi connectivity index (χ0) is 19.8. The van der Waals surface area contributed by atoms with Gasteiger partial charge in [-0.2, -0.15) is 8.78 Å². The zero-order valence-electron chi connectivity index (χ0n) is 14.7. The van der Waals surface area contributed by atoms with Gasteiger partial charge in [-0.1, -0.05) is 30.3 Å². The fourth-order valence-corrected chi connectivity index (χ4v) is 2.33. The van der Waals surface area contributed by atoms with Gasteiger partial charge >= 0.3 is 6.61 Å². The van der Waals surface area contributed by atoms with Crippen molar-refractivity contribution in [3.63, 3.8) is 0 Å². The lowest BCUT2D eigenvalue weighted by molar-refractivity contribution is -0.118. The molecule has 0 radical (unpaired) electrons.